The molecule has 0 bridgehead atoms. The normalized spacial score (nSPS) is 16.9. The highest BCUT2D eigenvalue weighted by molar-refractivity contribution is 7.06. The number of aromatic carboxylic acids is 1. The lowest BCUT2D eigenvalue weighted by atomic mass is 9.87. The number of anilines is 1. The smallest absolute Gasteiger partial charge is 0.357 e. The lowest BCUT2D eigenvalue weighted by molar-refractivity contribution is -0.116. The number of aromatic nitrogens is 1. The minimum atomic E-state index is -1.12. The van der Waals surface area contributed by atoms with Crippen LogP contribution in [0.25, 0.3) is 10.8 Å². The summed E-state index contributed by atoms with van der Waals surface area (Å²) in [6, 6.07) is 14.0. The number of benzene rings is 2. The Balaban J connectivity index is 1.93. The Bertz CT molecular complexity index is 943. The van der Waals surface area contributed by atoms with Crippen LogP contribution in [-0.4, -0.2) is 21.4 Å². The lowest BCUT2D eigenvalue weighted by Crippen LogP contribution is -2.23. The second-order valence-corrected chi connectivity index (χ2v) is 6.25. The van der Waals surface area contributed by atoms with Gasteiger partial charge in [0.05, 0.1) is 10.6 Å². The van der Waals surface area contributed by atoms with Gasteiger partial charge in [-0.3, -0.25) is 4.79 Å². The second kappa shape index (κ2) is 5.17. The summed E-state index contributed by atoms with van der Waals surface area (Å²) in [6.07, 6.45) is 0.294. The summed E-state index contributed by atoms with van der Waals surface area (Å²) in [6.45, 7) is 0. The molecule has 0 spiro atoms. The van der Waals surface area contributed by atoms with Crippen LogP contribution in [0.2, 0.25) is 0 Å². The van der Waals surface area contributed by atoms with Crippen molar-refractivity contribution in [2.24, 2.45) is 0 Å². The van der Waals surface area contributed by atoms with Gasteiger partial charge in [-0.2, -0.15) is 4.37 Å². The predicted octanol–water partition coefficient (Wildman–Crippen LogP) is 3.47. The molecule has 1 amide bonds. The van der Waals surface area contributed by atoms with Crippen LogP contribution >= 0.6 is 11.5 Å². The van der Waals surface area contributed by atoms with Gasteiger partial charge in [-0.15, -0.1) is 0 Å². The van der Waals surface area contributed by atoms with Gasteiger partial charge in [0.1, 0.15) is 0 Å². The van der Waals surface area contributed by atoms with Crippen molar-refractivity contribution in [3.05, 3.63) is 58.6 Å². The molecule has 6 heteroatoms. The van der Waals surface area contributed by atoms with Gasteiger partial charge in [0.15, 0.2) is 5.69 Å². The molecule has 1 atom stereocenters. The Kier molecular flexibility index (Phi) is 3.12. The van der Waals surface area contributed by atoms with Crippen molar-refractivity contribution < 1.29 is 14.7 Å². The van der Waals surface area contributed by atoms with E-state index in [-0.39, 0.29) is 17.5 Å². The van der Waals surface area contributed by atoms with Gasteiger partial charge in [-0.05, 0) is 27.9 Å². The van der Waals surface area contributed by atoms with Gasteiger partial charge in [-0.25, -0.2) is 4.79 Å². The third kappa shape index (κ3) is 2.19. The Labute approximate surface area is 135 Å². The number of carbonyl (C=O) groups excluding carboxylic acids is 1. The van der Waals surface area contributed by atoms with Crippen LogP contribution < -0.4 is 5.32 Å². The van der Waals surface area contributed by atoms with Crippen molar-refractivity contribution >= 4 is 39.9 Å². The second-order valence-electron chi connectivity index (χ2n) is 5.45. The summed E-state index contributed by atoms with van der Waals surface area (Å²) in [5.41, 5.74) is 1.29. The first kappa shape index (κ1) is 13.9. The van der Waals surface area contributed by atoms with E-state index < -0.39 is 5.97 Å². The van der Waals surface area contributed by atoms with E-state index in [1.165, 1.54) is 0 Å². The summed E-state index contributed by atoms with van der Waals surface area (Å²) in [7, 11) is 0. The Morgan fingerprint density at radius 2 is 2.00 bits per heavy atom. The molecule has 0 radical (unpaired) electrons. The molecule has 2 N–H and O–H groups in total. The molecular formula is C17H12N2O3S. The van der Waals surface area contributed by atoms with Gasteiger partial charge < -0.3 is 10.4 Å². The number of nitrogens with zero attached hydrogens (tertiary/aromatic N) is 1. The largest absolute Gasteiger partial charge is 0.476 e. The van der Waals surface area contributed by atoms with Gasteiger partial charge in [-0.1, -0.05) is 42.5 Å². The molecule has 0 fully saturated rings. The molecule has 0 aliphatic carbocycles. The zero-order valence-corrected chi connectivity index (χ0v) is 12.8. The molecule has 114 valence electrons. The highest BCUT2D eigenvalue weighted by Gasteiger charge is 2.33. The maximum atomic E-state index is 12.1. The standard InChI is InChI=1S/C17H12N2O3S/c20-13-8-12(16-14(18-13)15(17(21)22)19-23-16)11-7-3-5-9-4-1-2-6-10(9)11/h1-7,12H,8H2,(H,18,20)(H,21,22). The lowest BCUT2D eigenvalue weighted by Gasteiger charge is -2.23. The Morgan fingerprint density at radius 3 is 2.83 bits per heavy atom. The fourth-order valence-electron chi connectivity index (χ4n) is 3.08. The van der Waals surface area contributed by atoms with Crippen LogP contribution in [0.3, 0.4) is 0 Å². The molecule has 0 saturated heterocycles. The van der Waals surface area contributed by atoms with Gasteiger partial charge in [0.2, 0.25) is 5.91 Å². The van der Waals surface area contributed by atoms with Crippen LogP contribution in [-0.2, 0) is 4.79 Å². The molecular weight excluding hydrogens is 312 g/mol. The fraction of sp³-hybridized carbons (Fsp3) is 0.118. The molecule has 3 aromatic rings. The minimum Gasteiger partial charge on any atom is -0.476 e. The number of hydrogen-bond donors (Lipinski definition) is 2. The van der Waals surface area contributed by atoms with Gasteiger partial charge >= 0.3 is 5.97 Å². The number of nitrogens with one attached hydrogen (secondary N) is 1. The molecule has 1 unspecified atom stereocenters. The highest BCUT2D eigenvalue weighted by atomic mass is 32.1. The zero-order chi connectivity index (χ0) is 16.0. The van der Waals surface area contributed by atoms with Crippen LogP contribution in [0.4, 0.5) is 5.69 Å². The Morgan fingerprint density at radius 1 is 1.22 bits per heavy atom. The van der Waals surface area contributed by atoms with Crippen molar-refractivity contribution in [2.75, 3.05) is 5.32 Å². The van der Waals surface area contributed by atoms with E-state index in [4.69, 9.17) is 0 Å². The van der Waals surface area contributed by atoms with Crippen LogP contribution in [0.5, 0.6) is 0 Å². The van der Waals surface area contributed by atoms with Gasteiger partial charge in [0, 0.05) is 12.3 Å². The molecule has 0 saturated carbocycles. The van der Waals surface area contributed by atoms with Crippen molar-refractivity contribution in [3.8, 4) is 0 Å². The van der Waals surface area contributed by atoms with E-state index in [1.807, 2.05) is 42.5 Å². The molecule has 1 aliphatic rings. The number of rotatable bonds is 2. The van der Waals surface area contributed by atoms with Crippen LogP contribution in [0.1, 0.15) is 33.3 Å². The quantitative estimate of drug-likeness (QED) is 0.756. The molecule has 5 nitrogen and oxygen atoms in total. The van der Waals surface area contributed by atoms with Crippen molar-refractivity contribution in [3.63, 3.8) is 0 Å². The van der Waals surface area contributed by atoms with E-state index >= 15 is 0 Å². The van der Waals surface area contributed by atoms with Crippen molar-refractivity contribution in [1.29, 1.82) is 0 Å². The summed E-state index contributed by atoms with van der Waals surface area (Å²) in [4.78, 5) is 24.2. The molecule has 2 heterocycles. The first-order valence-electron chi connectivity index (χ1n) is 7.15. The first-order chi connectivity index (χ1) is 11.1. The van der Waals surface area contributed by atoms with E-state index in [2.05, 4.69) is 9.69 Å². The summed E-state index contributed by atoms with van der Waals surface area (Å²) < 4.78 is 4.01. The number of fused-ring (bicyclic) bond motifs is 2. The topological polar surface area (TPSA) is 79.3 Å². The van der Waals surface area contributed by atoms with Crippen LogP contribution in [0, 0.1) is 0 Å². The molecule has 2 aromatic carbocycles. The monoisotopic (exact) mass is 324 g/mol. The predicted molar refractivity (Wildman–Crippen MR) is 88.1 cm³/mol. The van der Waals surface area contributed by atoms with E-state index in [1.54, 1.807) is 0 Å². The van der Waals surface area contributed by atoms with E-state index in [9.17, 15) is 14.7 Å². The highest BCUT2D eigenvalue weighted by Crippen LogP contribution is 2.43. The summed E-state index contributed by atoms with van der Waals surface area (Å²) >= 11 is 1.15. The van der Waals surface area contributed by atoms with E-state index in [0.29, 0.717) is 12.1 Å². The van der Waals surface area contributed by atoms with Crippen molar-refractivity contribution in [1.82, 2.24) is 4.37 Å². The van der Waals surface area contributed by atoms with Gasteiger partial charge in [0.25, 0.3) is 0 Å². The Hall–Kier alpha value is -2.73. The molecule has 23 heavy (non-hydrogen) atoms. The number of amides is 1. The number of carbonyl (C=O) groups is 2. The third-order valence-electron chi connectivity index (χ3n) is 4.09. The summed E-state index contributed by atoms with van der Waals surface area (Å²) in [5, 5.41) is 14.1. The third-order valence-corrected chi connectivity index (χ3v) is 5.05. The first-order valence-corrected chi connectivity index (χ1v) is 7.93. The average molecular weight is 324 g/mol. The van der Waals surface area contributed by atoms with Crippen molar-refractivity contribution in [2.45, 2.75) is 12.3 Å². The average Bonchev–Trinajstić information content (AvgIpc) is 2.97. The molecule has 1 aromatic heterocycles. The minimum absolute atomic E-state index is 0.0803. The number of carboxylic acids is 1. The van der Waals surface area contributed by atoms with Crippen LogP contribution in [0.15, 0.2) is 42.5 Å². The molecule has 4 rings (SSSR count). The summed E-state index contributed by atoms with van der Waals surface area (Å²) in [5.74, 6) is -1.48. The van der Waals surface area contributed by atoms with E-state index in [0.717, 1.165) is 32.7 Å². The molecule has 1 aliphatic heterocycles. The maximum Gasteiger partial charge on any atom is 0.357 e. The number of hydrogen-bond acceptors (Lipinski definition) is 4. The number of carboxylic acid groups (broad SMARTS) is 1. The SMILES string of the molecule is O=C1CC(c2cccc3ccccc23)c2snc(C(=O)O)c2N1. The fourth-order valence-corrected chi connectivity index (χ4v) is 4.02. The zero-order valence-electron chi connectivity index (χ0n) is 11.9. The maximum absolute atomic E-state index is 12.1.